The molecule has 3 aliphatic carbocycles. The minimum atomic E-state index is 0.141. The molecule has 0 aromatic carbocycles. The lowest BCUT2D eigenvalue weighted by atomic mass is 9.38. The molecule has 0 radical (unpaired) electrons. The molecule has 23 heavy (non-hydrogen) atoms. The van der Waals surface area contributed by atoms with Gasteiger partial charge in [0.05, 0.1) is 18.3 Å². The van der Waals surface area contributed by atoms with E-state index in [1.165, 1.54) is 56.9 Å². The van der Waals surface area contributed by atoms with Crippen molar-refractivity contribution in [2.24, 2.45) is 22.7 Å². The second-order valence-corrected chi connectivity index (χ2v) is 9.36. The van der Waals surface area contributed by atoms with Gasteiger partial charge in [0, 0.05) is 12.5 Å². The monoisotopic (exact) mass is 318 g/mol. The summed E-state index contributed by atoms with van der Waals surface area (Å²) in [7, 11) is 1.90. The zero-order valence-electron chi connectivity index (χ0n) is 15.3. The van der Waals surface area contributed by atoms with E-state index in [0.717, 1.165) is 18.9 Å². The average molecular weight is 319 g/mol. The van der Waals surface area contributed by atoms with E-state index in [0.29, 0.717) is 22.9 Å². The van der Waals surface area contributed by atoms with Crippen LogP contribution in [0, 0.1) is 22.7 Å². The van der Waals surface area contributed by atoms with Crippen LogP contribution in [0.4, 0.5) is 0 Å². The Bertz CT molecular complexity index is 494. The van der Waals surface area contributed by atoms with Crippen molar-refractivity contribution in [2.45, 2.75) is 83.3 Å². The van der Waals surface area contributed by atoms with E-state index in [1.54, 1.807) is 0 Å². The smallest absolute Gasteiger partial charge is 0.0920 e. The van der Waals surface area contributed by atoms with Gasteiger partial charge in [0.1, 0.15) is 0 Å². The molecule has 4 rings (SSSR count). The van der Waals surface area contributed by atoms with Crippen LogP contribution in [0.25, 0.3) is 0 Å². The van der Waals surface area contributed by atoms with E-state index < -0.39 is 0 Å². The lowest BCUT2D eigenvalue weighted by Crippen LogP contribution is -2.62. The Balaban J connectivity index is 1.67. The van der Waals surface area contributed by atoms with Crippen molar-refractivity contribution in [3.8, 4) is 0 Å². The number of fused-ring (bicyclic) bond motifs is 2. The van der Waals surface area contributed by atoms with Crippen molar-refractivity contribution in [1.29, 1.82) is 0 Å². The summed E-state index contributed by atoms with van der Waals surface area (Å²) in [6.07, 6.45) is 12.3. The molecule has 2 nitrogen and oxygen atoms in total. The molecule has 5 atom stereocenters. The highest BCUT2D eigenvalue weighted by molar-refractivity contribution is 5.24. The predicted molar refractivity (Wildman–Crippen MR) is 93.4 cm³/mol. The van der Waals surface area contributed by atoms with Crippen LogP contribution in [0.15, 0.2) is 12.2 Å². The van der Waals surface area contributed by atoms with E-state index in [-0.39, 0.29) is 5.60 Å². The van der Waals surface area contributed by atoms with E-state index >= 15 is 0 Å². The molecule has 0 bridgehead atoms. The third-order valence-corrected chi connectivity index (χ3v) is 8.41. The Morgan fingerprint density at radius 3 is 2.61 bits per heavy atom. The van der Waals surface area contributed by atoms with Crippen molar-refractivity contribution in [3.05, 3.63) is 12.2 Å². The van der Waals surface area contributed by atoms with Crippen molar-refractivity contribution in [1.82, 2.24) is 0 Å². The summed E-state index contributed by atoms with van der Waals surface area (Å²) >= 11 is 0. The number of hydrogen-bond donors (Lipinski definition) is 0. The minimum Gasteiger partial charge on any atom is -0.384 e. The SMILES string of the molecule is C=C1CCC2OC2(C)CCC2(COC)C1CC2(C)C1CCCC1. The minimum absolute atomic E-state index is 0.141. The van der Waals surface area contributed by atoms with Gasteiger partial charge in [-0.25, -0.2) is 0 Å². The topological polar surface area (TPSA) is 21.8 Å². The van der Waals surface area contributed by atoms with E-state index in [4.69, 9.17) is 9.47 Å². The normalized spacial score (nSPS) is 50.3. The maximum atomic E-state index is 6.07. The van der Waals surface area contributed by atoms with Gasteiger partial charge in [-0.05, 0) is 69.1 Å². The number of methoxy groups -OCH3 is 1. The molecule has 1 saturated heterocycles. The standard InChI is InChI=1S/C21H34O2/c1-15-9-10-18-20(3,23-18)11-12-21(14-22-4)17(15)13-19(21,2)16-7-5-6-8-16/h16-18H,1,5-14H2,2-4H3. The largest absolute Gasteiger partial charge is 0.384 e. The first kappa shape index (κ1) is 16.1. The molecule has 1 aliphatic heterocycles. The second-order valence-electron chi connectivity index (χ2n) is 9.36. The molecule has 0 N–H and O–H groups in total. The summed E-state index contributed by atoms with van der Waals surface area (Å²) in [5.74, 6) is 1.57. The van der Waals surface area contributed by atoms with Crippen molar-refractivity contribution in [2.75, 3.05) is 13.7 Å². The van der Waals surface area contributed by atoms with Crippen LogP contribution < -0.4 is 0 Å². The fourth-order valence-electron chi connectivity index (χ4n) is 6.65. The highest BCUT2D eigenvalue weighted by Gasteiger charge is 2.67. The quantitative estimate of drug-likeness (QED) is 0.532. The summed E-state index contributed by atoms with van der Waals surface area (Å²) in [4.78, 5) is 0. The Hall–Kier alpha value is -0.340. The highest BCUT2D eigenvalue weighted by Crippen LogP contribution is 2.71. The van der Waals surface area contributed by atoms with Crippen LogP contribution in [0.3, 0.4) is 0 Å². The maximum absolute atomic E-state index is 6.07. The third-order valence-electron chi connectivity index (χ3n) is 8.41. The van der Waals surface area contributed by atoms with Gasteiger partial charge in [-0.2, -0.15) is 0 Å². The summed E-state index contributed by atoms with van der Waals surface area (Å²) < 4.78 is 11.9. The molecule has 0 amide bonds. The molecule has 130 valence electrons. The highest BCUT2D eigenvalue weighted by atomic mass is 16.6. The van der Waals surface area contributed by atoms with Crippen LogP contribution in [-0.2, 0) is 9.47 Å². The summed E-state index contributed by atoms with van der Waals surface area (Å²) in [6, 6.07) is 0. The summed E-state index contributed by atoms with van der Waals surface area (Å²) in [5, 5.41) is 0. The number of hydrogen-bond acceptors (Lipinski definition) is 2. The molecule has 5 unspecified atom stereocenters. The van der Waals surface area contributed by atoms with Gasteiger partial charge in [0.25, 0.3) is 0 Å². The first-order valence-electron chi connectivity index (χ1n) is 9.80. The zero-order valence-corrected chi connectivity index (χ0v) is 15.3. The van der Waals surface area contributed by atoms with Crippen molar-refractivity contribution in [3.63, 3.8) is 0 Å². The number of ether oxygens (including phenoxy) is 2. The van der Waals surface area contributed by atoms with E-state index in [2.05, 4.69) is 20.4 Å². The maximum Gasteiger partial charge on any atom is 0.0920 e. The van der Waals surface area contributed by atoms with Crippen molar-refractivity contribution < 1.29 is 9.47 Å². The van der Waals surface area contributed by atoms with Gasteiger partial charge in [-0.1, -0.05) is 31.9 Å². The fourth-order valence-corrected chi connectivity index (χ4v) is 6.65. The van der Waals surface area contributed by atoms with Crippen LogP contribution in [-0.4, -0.2) is 25.4 Å². The Kier molecular flexibility index (Phi) is 3.74. The van der Waals surface area contributed by atoms with Gasteiger partial charge in [-0.15, -0.1) is 0 Å². The van der Waals surface area contributed by atoms with Crippen LogP contribution in [0.1, 0.15) is 71.6 Å². The molecule has 0 aromatic rings. The molecule has 3 saturated carbocycles. The first-order chi connectivity index (χ1) is 11.0. The van der Waals surface area contributed by atoms with Gasteiger partial charge in [0.15, 0.2) is 0 Å². The molecule has 0 aromatic heterocycles. The number of allylic oxidation sites excluding steroid dienone is 1. The Morgan fingerprint density at radius 2 is 1.91 bits per heavy atom. The van der Waals surface area contributed by atoms with Gasteiger partial charge < -0.3 is 9.47 Å². The van der Waals surface area contributed by atoms with Gasteiger partial charge >= 0.3 is 0 Å². The Morgan fingerprint density at radius 1 is 1.17 bits per heavy atom. The van der Waals surface area contributed by atoms with Gasteiger partial charge in [0.2, 0.25) is 0 Å². The molecular weight excluding hydrogens is 284 g/mol. The molecule has 4 fully saturated rings. The van der Waals surface area contributed by atoms with Crippen molar-refractivity contribution >= 4 is 0 Å². The molecule has 4 aliphatic rings. The molecular formula is C21H34O2. The summed E-state index contributed by atoms with van der Waals surface area (Å²) in [5.41, 5.74) is 2.37. The van der Waals surface area contributed by atoms with Crippen LogP contribution >= 0.6 is 0 Å². The van der Waals surface area contributed by atoms with E-state index in [9.17, 15) is 0 Å². The van der Waals surface area contributed by atoms with Crippen LogP contribution in [0.2, 0.25) is 0 Å². The zero-order chi connectivity index (χ0) is 16.3. The van der Waals surface area contributed by atoms with Crippen LogP contribution in [0.5, 0.6) is 0 Å². The second kappa shape index (κ2) is 5.33. The molecule has 1 heterocycles. The fraction of sp³-hybridized carbons (Fsp3) is 0.905. The molecule has 2 heteroatoms. The summed E-state index contributed by atoms with van der Waals surface area (Å²) in [6.45, 7) is 10.3. The molecule has 0 spiro atoms. The average Bonchev–Trinajstić information content (AvgIpc) is 2.92. The van der Waals surface area contributed by atoms with Gasteiger partial charge in [-0.3, -0.25) is 0 Å². The third kappa shape index (κ3) is 2.20. The Labute approximate surface area is 142 Å². The van der Waals surface area contributed by atoms with E-state index in [1.807, 2.05) is 7.11 Å². The number of rotatable bonds is 3. The predicted octanol–water partition coefficient (Wildman–Crippen LogP) is 5.12. The number of epoxide rings is 1. The lowest BCUT2D eigenvalue weighted by molar-refractivity contribution is -0.191. The first-order valence-corrected chi connectivity index (χ1v) is 9.80. The lowest BCUT2D eigenvalue weighted by Gasteiger charge is -2.67.